The summed E-state index contributed by atoms with van der Waals surface area (Å²) in [5.74, 6) is 0. The van der Waals surface area contributed by atoms with Gasteiger partial charge in [0.05, 0.1) is 39.5 Å². The van der Waals surface area contributed by atoms with E-state index in [9.17, 15) is 33.6 Å². The average Bonchev–Trinajstić information content (AvgIpc) is 0.934. The van der Waals surface area contributed by atoms with E-state index < -0.39 is 23.4 Å². The number of ether oxygens (including phenoxy) is 4. The predicted molar refractivity (Wildman–Crippen MR) is 401 cm³/mol. The number of nitrogens with zero attached hydrogens (tertiary/aromatic N) is 6. The Morgan fingerprint density at radius 3 is 0.922 bits per heavy atom. The molecule has 0 atom stereocenters. The number of nitrogens with one attached hydrogen (secondary N) is 2. The molecule has 25 heteroatoms. The summed E-state index contributed by atoms with van der Waals surface area (Å²) in [5.41, 5.74) is 34.2. The van der Waals surface area contributed by atoms with E-state index in [1.807, 2.05) is 165 Å². The van der Waals surface area contributed by atoms with Crippen LogP contribution in [0.5, 0.6) is 0 Å². The lowest BCUT2D eigenvalue weighted by Crippen LogP contribution is -2.32. The molecule has 0 heterocycles. The molecular weight excluding hydrogens is 1380 g/mol. The number of alkyl carbamates (subject to hydrolysis) is 2. The first-order valence-electron chi connectivity index (χ1n) is 32.3. The molecule has 8 aromatic carbocycles. The number of aliphatic hydroxyl groups is 4. The number of rotatable bonds is 24. The van der Waals surface area contributed by atoms with Crippen LogP contribution in [0.1, 0.15) is 175 Å². The van der Waals surface area contributed by atoms with Gasteiger partial charge in [-0.2, -0.15) is 0 Å². The second-order valence-corrected chi connectivity index (χ2v) is 23.9. The Balaban J connectivity index is 0.000000593. The molecule has 0 aliphatic heterocycles. The number of nitrogens with two attached hydrogens (primary N) is 1. The van der Waals surface area contributed by atoms with Crippen LogP contribution in [0.25, 0.3) is 20.9 Å². The molecule has 0 spiro atoms. The summed E-state index contributed by atoms with van der Waals surface area (Å²) in [4.78, 5) is 79.5. The first kappa shape index (κ1) is 90.5. The summed E-state index contributed by atoms with van der Waals surface area (Å²) in [6, 6.07) is 57.7. The van der Waals surface area contributed by atoms with Gasteiger partial charge < -0.3 is 55.7 Å². The minimum atomic E-state index is -0.495. The number of benzene rings is 8. The molecule has 8 aromatic rings. The van der Waals surface area contributed by atoms with Crippen molar-refractivity contribution < 1.29 is 72.9 Å². The van der Waals surface area contributed by atoms with Gasteiger partial charge in [0.1, 0.15) is 42.6 Å². The Morgan fingerprint density at radius 2 is 0.670 bits per heavy atom. The van der Waals surface area contributed by atoms with E-state index in [0.717, 1.165) is 98.0 Å². The van der Waals surface area contributed by atoms with Crippen molar-refractivity contribution in [2.24, 2.45) is 16.0 Å². The highest BCUT2D eigenvalue weighted by atomic mass is 79.9. The summed E-state index contributed by atoms with van der Waals surface area (Å²) in [7, 11) is 0. The zero-order chi connectivity index (χ0) is 76.7. The first-order chi connectivity index (χ1) is 49.4. The van der Waals surface area contributed by atoms with Crippen molar-refractivity contribution in [3.8, 4) is 0 Å². The van der Waals surface area contributed by atoms with Crippen LogP contribution in [0.15, 0.2) is 204 Å². The number of amides is 2. The maximum Gasteiger partial charge on any atom is 0.407 e. The Morgan fingerprint density at radius 1 is 0.427 bits per heavy atom. The fourth-order valence-corrected chi connectivity index (χ4v) is 7.95. The number of halogens is 1. The van der Waals surface area contributed by atoms with Crippen LogP contribution in [-0.4, -0.2) is 88.5 Å². The van der Waals surface area contributed by atoms with Crippen molar-refractivity contribution in [3.63, 3.8) is 0 Å². The zero-order valence-corrected chi connectivity index (χ0v) is 60.9. The third-order valence-electron chi connectivity index (χ3n) is 12.9. The SMILES string of the molecule is CC(C)(C)OC(=O)NCc1ccc(C=O)cc1.CC(C)(C)OC(=O)NCc1ccc(CO)cc1.CCOC(OCC)c1ccc(C=O)cc1.NCc1ccc(CO)cc1.O=Cc1ccc(CBr)cc1.O=Cc1ccc(CO)cc1.[N-]=[N+]=NCc1ccc(C=O)cc1.[N-]=[N+]=NCc1ccc(CO)cc1. The number of hydrogen-bond donors (Lipinski definition) is 7. The number of carbonyl (C=O) groups is 7. The lowest BCUT2D eigenvalue weighted by molar-refractivity contribution is -0.140. The van der Waals surface area contributed by atoms with Gasteiger partial charge in [0.25, 0.3) is 0 Å². The second kappa shape index (κ2) is 54.3. The Hall–Kier alpha value is -10.5. The summed E-state index contributed by atoms with van der Waals surface area (Å²) in [5, 5.41) is 47.8. The lowest BCUT2D eigenvalue weighted by atomic mass is 10.1. The number of aliphatic hydroxyl groups excluding tert-OH is 4. The van der Waals surface area contributed by atoms with Crippen molar-refractivity contribution >= 4 is 59.5 Å². The maximum atomic E-state index is 11.4. The minimum absolute atomic E-state index is 0.0269. The minimum Gasteiger partial charge on any atom is -0.444 e. The molecule has 0 fully saturated rings. The van der Waals surface area contributed by atoms with Crippen molar-refractivity contribution in [2.45, 2.75) is 137 Å². The van der Waals surface area contributed by atoms with Gasteiger partial charge in [-0.25, -0.2) is 9.59 Å². The molecule has 0 saturated heterocycles. The molecular formula is C78H94BrN9O15. The van der Waals surface area contributed by atoms with Crippen molar-refractivity contribution in [1.29, 1.82) is 0 Å². The molecule has 0 aliphatic rings. The van der Waals surface area contributed by atoms with E-state index in [4.69, 9.17) is 56.2 Å². The van der Waals surface area contributed by atoms with Crippen LogP contribution in [0.4, 0.5) is 9.59 Å². The number of azide groups is 2. The molecule has 0 aliphatic carbocycles. The highest BCUT2D eigenvalue weighted by molar-refractivity contribution is 9.08. The highest BCUT2D eigenvalue weighted by Gasteiger charge is 2.17. The third-order valence-corrected chi connectivity index (χ3v) is 13.6. The lowest BCUT2D eigenvalue weighted by Gasteiger charge is -2.19. The molecule has 0 radical (unpaired) electrons. The van der Waals surface area contributed by atoms with E-state index in [1.165, 1.54) is 5.56 Å². The summed E-state index contributed by atoms with van der Waals surface area (Å²) >= 11 is 3.32. The Kier molecular flexibility index (Phi) is 47.7. The summed E-state index contributed by atoms with van der Waals surface area (Å²) < 4.78 is 21.1. The smallest absolute Gasteiger partial charge is 0.407 e. The summed E-state index contributed by atoms with van der Waals surface area (Å²) in [6.07, 6.45) is 2.79. The van der Waals surface area contributed by atoms with E-state index in [0.29, 0.717) is 68.2 Å². The Bertz CT molecular complexity index is 3690. The van der Waals surface area contributed by atoms with E-state index in [2.05, 4.69) is 46.6 Å². The molecule has 0 unspecified atom stereocenters. The molecule has 548 valence electrons. The predicted octanol–water partition coefficient (Wildman–Crippen LogP) is 15.6. The largest absolute Gasteiger partial charge is 0.444 e. The van der Waals surface area contributed by atoms with Gasteiger partial charge in [-0.05, 0) is 122 Å². The molecule has 24 nitrogen and oxygen atoms in total. The fourth-order valence-electron chi connectivity index (χ4n) is 7.57. The van der Waals surface area contributed by atoms with Gasteiger partial charge in [-0.1, -0.05) is 220 Å². The van der Waals surface area contributed by atoms with E-state index in [1.54, 1.807) is 84.9 Å². The second-order valence-electron chi connectivity index (χ2n) is 23.4. The third kappa shape index (κ3) is 43.7. The van der Waals surface area contributed by atoms with Crippen LogP contribution < -0.4 is 16.4 Å². The molecule has 0 bridgehead atoms. The van der Waals surface area contributed by atoms with Crippen molar-refractivity contribution in [3.05, 3.63) is 304 Å². The van der Waals surface area contributed by atoms with E-state index >= 15 is 0 Å². The monoisotopic (exact) mass is 1480 g/mol. The highest BCUT2D eigenvalue weighted by Crippen LogP contribution is 2.19. The number of aldehydes is 5. The van der Waals surface area contributed by atoms with E-state index in [-0.39, 0.29) is 32.7 Å². The van der Waals surface area contributed by atoms with Gasteiger partial charge in [-0.15, -0.1) is 0 Å². The average molecular weight is 1480 g/mol. The Labute approximate surface area is 610 Å². The van der Waals surface area contributed by atoms with Gasteiger partial charge in [0, 0.05) is 81.4 Å². The number of carbonyl (C=O) groups excluding carboxylic acids is 7. The van der Waals surface area contributed by atoms with Crippen LogP contribution in [-0.2, 0) is 83.4 Å². The molecule has 8 rings (SSSR count). The molecule has 8 N–H and O–H groups in total. The van der Waals surface area contributed by atoms with Crippen LogP contribution >= 0.6 is 15.9 Å². The van der Waals surface area contributed by atoms with Crippen LogP contribution in [0.3, 0.4) is 0 Å². The molecule has 0 aromatic heterocycles. The number of alkyl halides is 1. The molecule has 0 saturated carbocycles. The standard InChI is InChI=1S/C13H19NO3.C13H17NO3.C12H16O3.C8H7BrO.C8H9N3O.C8H7N3O.C8H11NO.C8H8O2/c2*1-13(2,3)17-12(16)14-8-10-4-6-11(9-15)7-5-10;1-3-14-12(15-4-2)11-7-5-10(9-13)6-8-11;9-5-7-1-3-8(6-10)4-2-7;2*9-11-10-5-7-1-3-8(6-12)4-2-7;9-5-7-1-3-8(6-10)4-2-7;9-5-7-1-2-8(6-10)4-3-7/h4-7,15H,8-9H2,1-3H3,(H,14,16);4-7,9H,8H2,1-3H3,(H,14,16);5-9,12H,3-4H2,1-2H3;1-4,6H,5H2;1-4,12H,5-6H2;1-4,6H,5H2;1-4,10H,5-6,9H2;1-5,10H,6H2. The quantitative estimate of drug-likeness (QED) is 0.00738. The van der Waals surface area contributed by atoms with Crippen LogP contribution in [0, 0.1) is 0 Å². The van der Waals surface area contributed by atoms with Crippen molar-refractivity contribution in [1.82, 2.24) is 10.6 Å². The summed E-state index contributed by atoms with van der Waals surface area (Å²) in [6.45, 7) is 18.2. The first-order valence-corrected chi connectivity index (χ1v) is 33.4. The fraction of sp³-hybridized carbons (Fsp3) is 0.295. The van der Waals surface area contributed by atoms with Gasteiger partial charge >= 0.3 is 12.2 Å². The molecule has 103 heavy (non-hydrogen) atoms. The van der Waals surface area contributed by atoms with Crippen molar-refractivity contribution in [2.75, 3.05) is 13.2 Å². The van der Waals surface area contributed by atoms with Gasteiger partial charge in [-0.3, -0.25) is 24.0 Å². The normalized spacial score (nSPS) is 9.97. The van der Waals surface area contributed by atoms with Gasteiger partial charge in [0.15, 0.2) is 6.29 Å². The maximum absolute atomic E-state index is 11.4. The van der Waals surface area contributed by atoms with Gasteiger partial charge in [0.2, 0.25) is 0 Å². The zero-order valence-electron chi connectivity index (χ0n) is 59.3. The molecule has 2 amide bonds. The topological polar surface area (TPSA) is 385 Å². The number of hydrogen-bond acceptors (Lipinski definition) is 18. The van der Waals surface area contributed by atoms with Crippen LogP contribution in [0.2, 0.25) is 0 Å².